The number of aromatic hydroxyl groups is 1. The molecule has 0 fully saturated rings. The van der Waals surface area contributed by atoms with E-state index in [-0.39, 0.29) is 22.9 Å². The molecule has 0 aromatic heterocycles. The number of fused-ring (bicyclic) bond motifs is 2. The molecule has 0 amide bonds. The predicted octanol–water partition coefficient (Wildman–Crippen LogP) is 2.77. The number of ketones is 2. The quantitative estimate of drug-likeness (QED) is 0.635. The van der Waals surface area contributed by atoms with Crippen molar-refractivity contribution in [2.45, 2.75) is 0 Å². The maximum atomic E-state index is 12.4. The number of hydrogen-bond donors (Lipinski definition) is 1. The largest absolute Gasteiger partial charge is 0.507 e. The second kappa shape index (κ2) is 3.91. The highest BCUT2D eigenvalue weighted by atomic mass is 127. The number of carbonyl (C=O) groups excluding carboxylic acids is 2. The number of benzene rings is 2. The number of phenols is 1. The van der Waals surface area contributed by atoms with Crippen LogP contribution in [-0.2, 0) is 0 Å². The molecule has 18 heavy (non-hydrogen) atoms. The zero-order chi connectivity index (χ0) is 12.9. The van der Waals surface area contributed by atoms with Crippen molar-refractivity contribution in [2.24, 2.45) is 0 Å². The fraction of sp³-hybridized carbons (Fsp3) is 0. The van der Waals surface area contributed by atoms with Gasteiger partial charge in [0, 0.05) is 14.7 Å². The summed E-state index contributed by atoms with van der Waals surface area (Å²) in [6.45, 7) is 0. The van der Waals surface area contributed by atoms with Gasteiger partial charge >= 0.3 is 0 Å². The van der Waals surface area contributed by atoms with E-state index in [2.05, 4.69) is 0 Å². The Balaban J connectivity index is 2.41. The van der Waals surface area contributed by atoms with Gasteiger partial charge in [0.05, 0.1) is 11.1 Å². The molecule has 2 aromatic carbocycles. The maximum Gasteiger partial charge on any atom is 0.198 e. The molecule has 4 heteroatoms. The average molecular weight is 350 g/mol. The Morgan fingerprint density at radius 3 is 2.00 bits per heavy atom. The zero-order valence-corrected chi connectivity index (χ0v) is 11.3. The molecule has 0 atom stereocenters. The van der Waals surface area contributed by atoms with Crippen LogP contribution in [0.5, 0.6) is 5.75 Å². The van der Waals surface area contributed by atoms with Crippen molar-refractivity contribution in [3.05, 3.63) is 62.2 Å². The normalized spacial score (nSPS) is 13.2. The van der Waals surface area contributed by atoms with Crippen molar-refractivity contribution >= 4 is 34.2 Å². The molecule has 3 nitrogen and oxygen atoms in total. The first kappa shape index (κ1) is 11.4. The summed E-state index contributed by atoms with van der Waals surface area (Å²) >= 11 is 2.00. The topological polar surface area (TPSA) is 54.4 Å². The average Bonchev–Trinajstić information content (AvgIpc) is 2.38. The number of carbonyl (C=O) groups is 2. The molecule has 0 heterocycles. The summed E-state index contributed by atoms with van der Waals surface area (Å²) in [5.74, 6) is -0.644. The zero-order valence-electron chi connectivity index (χ0n) is 9.11. The Kier molecular flexibility index (Phi) is 2.48. The van der Waals surface area contributed by atoms with Crippen molar-refractivity contribution in [1.82, 2.24) is 0 Å². The lowest BCUT2D eigenvalue weighted by atomic mass is 9.84. The summed E-state index contributed by atoms with van der Waals surface area (Å²) in [5.41, 5.74) is 1.18. The first-order valence-corrected chi connectivity index (χ1v) is 6.39. The lowest BCUT2D eigenvalue weighted by molar-refractivity contribution is 0.0976. The Morgan fingerprint density at radius 1 is 0.833 bits per heavy atom. The first-order valence-electron chi connectivity index (χ1n) is 5.31. The Labute approximate surface area is 117 Å². The monoisotopic (exact) mass is 350 g/mol. The van der Waals surface area contributed by atoms with Crippen LogP contribution in [0, 0.1) is 3.57 Å². The van der Waals surface area contributed by atoms with Crippen molar-refractivity contribution < 1.29 is 14.7 Å². The number of phenolic OH excluding ortho intramolecular Hbond substituents is 1. The minimum Gasteiger partial charge on any atom is -0.507 e. The molecule has 1 N–H and O–H groups in total. The standard InChI is InChI=1S/C14H7IO3/c15-9-5-6-10(16)12-11(9)13(17)7-3-1-2-4-8(7)14(12)18/h1-6,16H. The molecule has 1 aliphatic rings. The molecule has 3 rings (SSSR count). The maximum absolute atomic E-state index is 12.4. The Bertz CT molecular complexity index is 644. The summed E-state index contributed by atoms with van der Waals surface area (Å²) < 4.78 is 0.674. The summed E-state index contributed by atoms with van der Waals surface area (Å²) in [6, 6.07) is 9.76. The van der Waals surface area contributed by atoms with Gasteiger partial charge in [0.25, 0.3) is 0 Å². The minimum atomic E-state index is -0.295. The summed E-state index contributed by atoms with van der Waals surface area (Å²) in [7, 11) is 0. The predicted molar refractivity (Wildman–Crippen MR) is 74.1 cm³/mol. The molecule has 88 valence electrons. The summed E-state index contributed by atoms with van der Waals surface area (Å²) in [5, 5.41) is 9.82. The lowest BCUT2D eigenvalue weighted by Gasteiger charge is -2.19. The number of hydrogen-bond acceptors (Lipinski definition) is 3. The molecule has 0 unspecified atom stereocenters. The third-order valence-electron chi connectivity index (χ3n) is 3.00. The van der Waals surface area contributed by atoms with Crippen molar-refractivity contribution in [2.75, 3.05) is 0 Å². The van der Waals surface area contributed by atoms with E-state index in [1.165, 1.54) is 6.07 Å². The SMILES string of the molecule is O=C1c2ccccc2C(=O)c2c(I)ccc(O)c21. The lowest BCUT2D eigenvalue weighted by Crippen LogP contribution is -2.22. The van der Waals surface area contributed by atoms with Gasteiger partial charge in [0.2, 0.25) is 0 Å². The molecule has 0 spiro atoms. The fourth-order valence-corrected chi connectivity index (χ4v) is 2.86. The summed E-state index contributed by atoms with van der Waals surface area (Å²) in [4.78, 5) is 24.7. The van der Waals surface area contributed by atoms with Gasteiger partial charge in [-0.2, -0.15) is 0 Å². The first-order chi connectivity index (χ1) is 8.61. The Morgan fingerprint density at radius 2 is 1.39 bits per heavy atom. The molecular formula is C14H7IO3. The van der Waals surface area contributed by atoms with Crippen LogP contribution in [0.2, 0.25) is 0 Å². The van der Waals surface area contributed by atoms with E-state index in [0.29, 0.717) is 20.3 Å². The second-order valence-electron chi connectivity index (χ2n) is 4.02. The van der Waals surface area contributed by atoms with Gasteiger partial charge in [-0.15, -0.1) is 0 Å². The molecule has 0 saturated carbocycles. The van der Waals surface area contributed by atoms with Gasteiger partial charge < -0.3 is 5.11 Å². The number of halogens is 1. The summed E-state index contributed by atoms with van der Waals surface area (Å²) in [6.07, 6.45) is 0. The van der Waals surface area contributed by atoms with Crippen molar-refractivity contribution in [3.63, 3.8) is 0 Å². The number of rotatable bonds is 0. The fourth-order valence-electron chi connectivity index (χ4n) is 2.17. The van der Waals surface area contributed by atoms with Crippen LogP contribution in [0.3, 0.4) is 0 Å². The molecule has 0 aliphatic heterocycles. The van der Waals surface area contributed by atoms with E-state index < -0.39 is 0 Å². The van der Waals surface area contributed by atoms with Gasteiger partial charge in [0.15, 0.2) is 11.6 Å². The van der Waals surface area contributed by atoms with Crippen LogP contribution in [0.1, 0.15) is 31.8 Å². The van der Waals surface area contributed by atoms with Crippen molar-refractivity contribution in [1.29, 1.82) is 0 Å². The molecule has 1 aliphatic carbocycles. The van der Waals surface area contributed by atoms with Gasteiger partial charge in [-0.05, 0) is 34.7 Å². The molecule has 0 bridgehead atoms. The van der Waals surface area contributed by atoms with Crippen LogP contribution < -0.4 is 0 Å². The minimum absolute atomic E-state index is 0.116. The van der Waals surface area contributed by atoms with E-state index in [0.717, 1.165) is 0 Å². The van der Waals surface area contributed by atoms with Crippen LogP contribution in [0.4, 0.5) is 0 Å². The highest BCUT2D eigenvalue weighted by Crippen LogP contribution is 2.34. The highest BCUT2D eigenvalue weighted by molar-refractivity contribution is 14.1. The highest BCUT2D eigenvalue weighted by Gasteiger charge is 2.33. The third-order valence-corrected chi connectivity index (χ3v) is 3.90. The van der Waals surface area contributed by atoms with Crippen LogP contribution in [0.25, 0.3) is 0 Å². The van der Waals surface area contributed by atoms with Crippen LogP contribution in [-0.4, -0.2) is 16.7 Å². The molecule has 0 radical (unpaired) electrons. The van der Waals surface area contributed by atoms with Gasteiger partial charge in [0.1, 0.15) is 5.75 Å². The van der Waals surface area contributed by atoms with E-state index in [1.807, 2.05) is 22.6 Å². The van der Waals surface area contributed by atoms with E-state index in [4.69, 9.17) is 0 Å². The van der Waals surface area contributed by atoms with E-state index in [9.17, 15) is 14.7 Å². The third kappa shape index (κ3) is 1.42. The molecule has 0 saturated heterocycles. The molecular weight excluding hydrogens is 343 g/mol. The van der Waals surface area contributed by atoms with Gasteiger partial charge in [-0.3, -0.25) is 9.59 Å². The second-order valence-corrected chi connectivity index (χ2v) is 5.18. The van der Waals surface area contributed by atoms with E-state index >= 15 is 0 Å². The molecule has 2 aromatic rings. The van der Waals surface area contributed by atoms with Crippen molar-refractivity contribution in [3.8, 4) is 5.75 Å². The Hall–Kier alpha value is -1.69. The van der Waals surface area contributed by atoms with Gasteiger partial charge in [-0.1, -0.05) is 24.3 Å². The van der Waals surface area contributed by atoms with Crippen LogP contribution >= 0.6 is 22.6 Å². The van der Waals surface area contributed by atoms with Gasteiger partial charge in [-0.25, -0.2) is 0 Å². The smallest absolute Gasteiger partial charge is 0.198 e. The van der Waals surface area contributed by atoms with Crippen LogP contribution in [0.15, 0.2) is 36.4 Å². The van der Waals surface area contributed by atoms with E-state index in [1.54, 1.807) is 30.3 Å².